The van der Waals surface area contributed by atoms with E-state index in [4.69, 9.17) is 4.74 Å². The first kappa shape index (κ1) is 27.3. The van der Waals surface area contributed by atoms with E-state index in [1.54, 1.807) is 25.3 Å². The van der Waals surface area contributed by atoms with Gasteiger partial charge in [0.2, 0.25) is 11.8 Å². The highest BCUT2D eigenvalue weighted by molar-refractivity contribution is 7.99. The monoisotopic (exact) mass is 508 g/mol. The Morgan fingerprint density at radius 1 is 0.972 bits per heavy atom. The summed E-state index contributed by atoms with van der Waals surface area (Å²) in [6, 6.07) is 22.9. The minimum Gasteiger partial charge on any atom is -0.497 e. The Bertz CT molecular complexity index is 1110. The molecule has 5 nitrogen and oxygen atoms in total. The Balaban J connectivity index is 1.82. The minimum absolute atomic E-state index is 0.0195. The molecule has 0 spiro atoms. The fraction of sp³-hybridized carbons (Fsp3) is 0.310. The van der Waals surface area contributed by atoms with Gasteiger partial charge in [0.1, 0.15) is 17.6 Å². The summed E-state index contributed by atoms with van der Waals surface area (Å²) < 4.78 is 19.8. The van der Waals surface area contributed by atoms with E-state index in [1.165, 1.54) is 22.7 Å². The zero-order valence-electron chi connectivity index (χ0n) is 20.8. The molecule has 0 radical (unpaired) electrons. The molecule has 0 aromatic heterocycles. The number of carbonyl (C=O) groups excluding carboxylic acids is 2. The predicted octanol–water partition coefficient (Wildman–Crippen LogP) is 5.23. The van der Waals surface area contributed by atoms with Gasteiger partial charge in [-0.15, -0.1) is 11.8 Å². The Labute approximate surface area is 217 Å². The summed E-state index contributed by atoms with van der Waals surface area (Å²) in [5.41, 5.74) is 2.38. The van der Waals surface area contributed by atoms with Gasteiger partial charge in [0.15, 0.2) is 0 Å². The second-order valence-corrected chi connectivity index (χ2v) is 9.44. The zero-order chi connectivity index (χ0) is 25.8. The van der Waals surface area contributed by atoms with Gasteiger partial charge < -0.3 is 15.0 Å². The number of hydrogen-bond acceptors (Lipinski definition) is 4. The largest absolute Gasteiger partial charge is 0.497 e. The maximum absolute atomic E-state index is 14.6. The molecule has 0 heterocycles. The summed E-state index contributed by atoms with van der Waals surface area (Å²) >= 11 is 1.47. The van der Waals surface area contributed by atoms with Gasteiger partial charge in [-0.25, -0.2) is 4.39 Å². The minimum atomic E-state index is -0.757. The quantitative estimate of drug-likeness (QED) is 0.343. The summed E-state index contributed by atoms with van der Waals surface area (Å²) in [7, 11) is 1.62. The number of methoxy groups -OCH3 is 1. The van der Waals surface area contributed by atoms with E-state index in [-0.39, 0.29) is 24.1 Å². The lowest BCUT2D eigenvalue weighted by Crippen LogP contribution is -2.51. The Morgan fingerprint density at radius 2 is 1.67 bits per heavy atom. The summed E-state index contributed by atoms with van der Waals surface area (Å²) in [6.07, 6.45) is 1.13. The molecule has 0 fully saturated rings. The number of ether oxygens (including phenoxy) is 1. The maximum atomic E-state index is 14.6. The summed E-state index contributed by atoms with van der Waals surface area (Å²) in [5.74, 6) is 0.753. The van der Waals surface area contributed by atoms with Crippen molar-refractivity contribution >= 4 is 23.6 Å². The van der Waals surface area contributed by atoms with Gasteiger partial charge in [-0.1, -0.05) is 67.6 Å². The summed E-state index contributed by atoms with van der Waals surface area (Å²) in [4.78, 5) is 28.3. The van der Waals surface area contributed by atoms with Crippen LogP contribution in [-0.2, 0) is 28.3 Å². The number of amides is 2. The van der Waals surface area contributed by atoms with Crippen LogP contribution in [0.1, 0.15) is 30.0 Å². The first-order chi connectivity index (χ1) is 17.5. The lowest BCUT2D eigenvalue weighted by Gasteiger charge is -2.31. The number of halogens is 1. The van der Waals surface area contributed by atoms with Gasteiger partial charge >= 0.3 is 0 Å². The third-order valence-corrected chi connectivity index (χ3v) is 6.76. The van der Waals surface area contributed by atoms with Gasteiger partial charge in [0, 0.05) is 30.8 Å². The van der Waals surface area contributed by atoms with Crippen molar-refractivity contribution in [2.45, 2.75) is 38.1 Å². The number of carbonyl (C=O) groups is 2. The van der Waals surface area contributed by atoms with Crippen molar-refractivity contribution in [3.8, 4) is 5.75 Å². The molecule has 0 aliphatic heterocycles. The van der Waals surface area contributed by atoms with Crippen LogP contribution in [0.3, 0.4) is 0 Å². The molecule has 0 bridgehead atoms. The number of nitrogens with zero attached hydrogens (tertiary/aromatic N) is 1. The van der Waals surface area contributed by atoms with Crippen molar-refractivity contribution in [1.29, 1.82) is 0 Å². The average Bonchev–Trinajstić information content (AvgIpc) is 2.91. The molecule has 0 saturated carbocycles. The third-order valence-electron chi connectivity index (χ3n) is 5.77. The molecule has 36 heavy (non-hydrogen) atoms. The SMILES string of the molecule is CCCNC(=O)C(Cc1ccccc1)N(Cc1ccccc1F)C(=O)CSCc1ccc(OC)cc1. The molecule has 0 saturated heterocycles. The highest BCUT2D eigenvalue weighted by atomic mass is 32.2. The van der Waals surface area contributed by atoms with Crippen LogP contribution in [0.5, 0.6) is 5.75 Å². The van der Waals surface area contributed by atoms with E-state index in [0.29, 0.717) is 24.3 Å². The van der Waals surface area contributed by atoms with Crippen LogP contribution >= 0.6 is 11.8 Å². The van der Waals surface area contributed by atoms with Crippen LogP contribution in [-0.4, -0.2) is 42.2 Å². The van der Waals surface area contributed by atoms with E-state index >= 15 is 0 Å². The maximum Gasteiger partial charge on any atom is 0.243 e. The molecule has 1 unspecified atom stereocenters. The highest BCUT2D eigenvalue weighted by Crippen LogP contribution is 2.20. The predicted molar refractivity (Wildman–Crippen MR) is 143 cm³/mol. The zero-order valence-corrected chi connectivity index (χ0v) is 21.6. The fourth-order valence-corrected chi connectivity index (χ4v) is 4.66. The normalized spacial score (nSPS) is 11.5. The van der Waals surface area contributed by atoms with Gasteiger partial charge in [-0.2, -0.15) is 0 Å². The Kier molecular flexibility index (Phi) is 10.8. The van der Waals surface area contributed by atoms with E-state index in [0.717, 1.165) is 23.3 Å². The van der Waals surface area contributed by atoms with Crippen LogP contribution in [0.25, 0.3) is 0 Å². The van der Waals surface area contributed by atoms with E-state index in [9.17, 15) is 14.0 Å². The van der Waals surface area contributed by atoms with Crippen molar-refractivity contribution in [3.05, 3.63) is 101 Å². The van der Waals surface area contributed by atoms with Crippen molar-refractivity contribution < 1.29 is 18.7 Å². The summed E-state index contributed by atoms with van der Waals surface area (Å²) in [6.45, 7) is 2.51. The van der Waals surface area contributed by atoms with Crippen LogP contribution < -0.4 is 10.1 Å². The smallest absolute Gasteiger partial charge is 0.243 e. The van der Waals surface area contributed by atoms with Crippen LogP contribution in [0.4, 0.5) is 4.39 Å². The molecule has 3 aromatic carbocycles. The van der Waals surface area contributed by atoms with Crippen molar-refractivity contribution in [2.24, 2.45) is 0 Å². The standard InChI is InChI=1S/C29H33FN2O3S/c1-3-17-31-29(34)27(18-22-9-5-4-6-10-22)32(19-24-11-7-8-12-26(24)30)28(33)21-36-20-23-13-15-25(35-2)16-14-23/h4-16,27H,3,17-21H2,1-2H3,(H,31,34). The van der Waals surface area contributed by atoms with Crippen LogP contribution in [0.15, 0.2) is 78.9 Å². The van der Waals surface area contributed by atoms with Crippen molar-refractivity contribution in [1.82, 2.24) is 10.2 Å². The number of hydrogen-bond donors (Lipinski definition) is 1. The van der Waals surface area contributed by atoms with Crippen LogP contribution in [0.2, 0.25) is 0 Å². The number of benzene rings is 3. The molecule has 2 amide bonds. The molecule has 0 aliphatic rings. The highest BCUT2D eigenvalue weighted by Gasteiger charge is 2.30. The third kappa shape index (κ3) is 8.12. The second-order valence-electron chi connectivity index (χ2n) is 8.45. The lowest BCUT2D eigenvalue weighted by molar-refractivity contribution is -0.139. The molecule has 3 rings (SSSR count). The van der Waals surface area contributed by atoms with Crippen molar-refractivity contribution in [3.63, 3.8) is 0 Å². The summed E-state index contributed by atoms with van der Waals surface area (Å²) in [5, 5.41) is 2.94. The first-order valence-electron chi connectivity index (χ1n) is 12.1. The van der Waals surface area contributed by atoms with Gasteiger partial charge in [0.05, 0.1) is 12.9 Å². The lowest BCUT2D eigenvalue weighted by atomic mass is 10.0. The van der Waals surface area contributed by atoms with E-state index in [1.807, 2.05) is 61.5 Å². The molecule has 1 atom stereocenters. The second kappa shape index (κ2) is 14.3. The Morgan fingerprint density at radius 3 is 2.33 bits per heavy atom. The molecular weight excluding hydrogens is 475 g/mol. The molecule has 3 aromatic rings. The number of thioether (sulfide) groups is 1. The van der Waals surface area contributed by atoms with E-state index in [2.05, 4.69) is 5.32 Å². The number of rotatable bonds is 13. The van der Waals surface area contributed by atoms with Crippen molar-refractivity contribution in [2.75, 3.05) is 19.4 Å². The van der Waals surface area contributed by atoms with Gasteiger partial charge in [0.25, 0.3) is 0 Å². The molecule has 190 valence electrons. The molecule has 0 aliphatic carbocycles. The first-order valence-corrected chi connectivity index (χ1v) is 13.2. The van der Waals surface area contributed by atoms with Crippen LogP contribution in [0, 0.1) is 5.82 Å². The number of nitrogens with one attached hydrogen (secondary N) is 1. The molecule has 7 heteroatoms. The fourth-order valence-electron chi connectivity index (χ4n) is 3.79. The van der Waals surface area contributed by atoms with Gasteiger partial charge in [-0.05, 0) is 35.7 Å². The molecule has 1 N–H and O–H groups in total. The average molecular weight is 509 g/mol. The van der Waals surface area contributed by atoms with E-state index < -0.39 is 11.9 Å². The Hall–Kier alpha value is -3.32. The topological polar surface area (TPSA) is 58.6 Å². The molecular formula is C29H33FN2O3S. The van der Waals surface area contributed by atoms with Gasteiger partial charge in [-0.3, -0.25) is 9.59 Å².